The van der Waals surface area contributed by atoms with E-state index in [0.29, 0.717) is 15.6 Å². The van der Waals surface area contributed by atoms with Gasteiger partial charge in [-0.3, -0.25) is 4.79 Å². The van der Waals surface area contributed by atoms with E-state index in [9.17, 15) is 18.0 Å². The molecule has 0 spiro atoms. The van der Waals surface area contributed by atoms with E-state index in [1.54, 1.807) is 35.7 Å². The van der Waals surface area contributed by atoms with Gasteiger partial charge in [0.2, 0.25) is 0 Å². The maximum absolute atomic E-state index is 12.8. The van der Waals surface area contributed by atoms with Crippen LogP contribution in [-0.2, 0) is 12.8 Å². The van der Waals surface area contributed by atoms with Crippen LogP contribution in [0.4, 0.5) is 18.9 Å². The normalized spacial score (nSPS) is 11.3. The SMILES string of the molecule is O=C(Nc1cccc(C(F)(F)F)c1)c1cc(COc2ccccc2Cl)cs1. The lowest BCUT2D eigenvalue weighted by atomic mass is 10.2. The number of hydrogen-bond acceptors (Lipinski definition) is 3. The molecule has 27 heavy (non-hydrogen) atoms. The maximum Gasteiger partial charge on any atom is 0.416 e. The third kappa shape index (κ3) is 5.02. The van der Waals surface area contributed by atoms with E-state index in [0.717, 1.165) is 17.7 Å². The molecule has 2 aromatic carbocycles. The summed E-state index contributed by atoms with van der Waals surface area (Å²) in [6, 6.07) is 13.1. The molecule has 0 bridgehead atoms. The molecule has 1 aromatic heterocycles. The van der Waals surface area contributed by atoms with Crippen molar-refractivity contribution in [3.05, 3.63) is 81.0 Å². The first-order chi connectivity index (χ1) is 12.8. The van der Waals surface area contributed by atoms with E-state index in [4.69, 9.17) is 16.3 Å². The molecule has 3 nitrogen and oxygen atoms in total. The average Bonchev–Trinajstić information content (AvgIpc) is 3.10. The van der Waals surface area contributed by atoms with E-state index in [-0.39, 0.29) is 12.3 Å². The molecule has 0 fully saturated rings. The quantitative estimate of drug-likeness (QED) is 0.538. The average molecular weight is 412 g/mol. The Hall–Kier alpha value is -2.51. The van der Waals surface area contributed by atoms with Gasteiger partial charge >= 0.3 is 6.18 Å². The first-order valence-corrected chi connectivity index (χ1v) is 9.02. The fraction of sp³-hybridized carbons (Fsp3) is 0.105. The van der Waals surface area contributed by atoms with Crippen molar-refractivity contribution in [1.29, 1.82) is 0 Å². The van der Waals surface area contributed by atoms with Crippen molar-refractivity contribution in [3.63, 3.8) is 0 Å². The summed E-state index contributed by atoms with van der Waals surface area (Å²) in [4.78, 5) is 12.6. The van der Waals surface area contributed by atoms with Gasteiger partial charge in [0, 0.05) is 11.3 Å². The molecule has 0 saturated heterocycles. The minimum atomic E-state index is -4.47. The monoisotopic (exact) mass is 411 g/mol. The van der Waals surface area contributed by atoms with E-state index in [1.807, 2.05) is 0 Å². The van der Waals surface area contributed by atoms with Crippen LogP contribution in [0.2, 0.25) is 5.02 Å². The Labute approximate surface area is 162 Å². The molecular formula is C19H13ClF3NO2S. The zero-order valence-electron chi connectivity index (χ0n) is 13.7. The third-order valence-electron chi connectivity index (χ3n) is 3.56. The predicted octanol–water partition coefficient (Wildman–Crippen LogP) is 6.25. The highest BCUT2D eigenvalue weighted by atomic mass is 35.5. The molecule has 1 N–H and O–H groups in total. The second-order valence-corrected chi connectivity index (χ2v) is 6.89. The Bertz CT molecular complexity index is 956. The molecule has 0 radical (unpaired) electrons. The number of hydrogen-bond donors (Lipinski definition) is 1. The molecule has 1 heterocycles. The molecule has 1 amide bonds. The van der Waals surface area contributed by atoms with Crippen LogP contribution >= 0.6 is 22.9 Å². The number of para-hydroxylation sites is 1. The molecule has 0 saturated carbocycles. The van der Waals surface area contributed by atoms with Crippen LogP contribution in [0.3, 0.4) is 0 Å². The van der Waals surface area contributed by atoms with Gasteiger partial charge in [0.05, 0.1) is 15.5 Å². The summed E-state index contributed by atoms with van der Waals surface area (Å²) in [5.74, 6) is 0.0450. The van der Waals surface area contributed by atoms with Crippen LogP contribution in [0.1, 0.15) is 20.8 Å². The Morgan fingerprint density at radius 1 is 1.11 bits per heavy atom. The Morgan fingerprint density at radius 2 is 1.89 bits per heavy atom. The highest BCUT2D eigenvalue weighted by molar-refractivity contribution is 7.12. The first-order valence-electron chi connectivity index (χ1n) is 7.76. The van der Waals surface area contributed by atoms with Crippen LogP contribution < -0.4 is 10.1 Å². The van der Waals surface area contributed by atoms with Crippen LogP contribution in [0.25, 0.3) is 0 Å². The van der Waals surface area contributed by atoms with Crippen LogP contribution in [-0.4, -0.2) is 5.91 Å². The molecular weight excluding hydrogens is 399 g/mol. The highest BCUT2D eigenvalue weighted by Crippen LogP contribution is 2.31. The maximum atomic E-state index is 12.8. The number of halogens is 4. The molecule has 3 rings (SSSR count). The Balaban J connectivity index is 1.64. The minimum Gasteiger partial charge on any atom is -0.487 e. The lowest BCUT2D eigenvalue weighted by Crippen LogP contribution is -2.12. The summed E-state index contributed by atoms with van der Waals surface area (Å²) in [7, 11) is 0. The van der Waals surface area contributed by atoms with Crippen molar-refractivity contribution < 1.29 is 22.7 Å². The van der Waals surface area contributed by atoms with Gasteiger partial charge in [0.25, 0.3) is 5.91 Å². The number of ether oxygens (including phenoxy) is 1. The van der Waals surface area contributed by atoms with Gasteiger partial charge < -0.3 is 10.1 Å². The topological polar surface area (TPSA) is 38.3 Å². The summed E-state index contributed by atoms with van der Waals surface area (Å²) in [5, 5.41) is 4.71. The zero-order chi connectivity index (χ0) is 19.4. The fourth-order valence-electron chi connectivity index (χ4n) is 2.26. The smallest absolute Gasteiger partial charge is 0.416 e. The molecule has 0 aliphatic rings. The number of benzene rings is 2. The number of carbonyl (C=O) groups is 1. The van der Waals surface area contributed by atoms with E-state index < -0.39 is 17.6 Å². The third-order valence-corrected chi connectivity index (χ3v) is 4.85. The van der Waals surface area contributed by atoms with E-state index >= 15 is 0 Å². The Morgan fingerprint density at radius 3 is 2.63 bits per heavy atom. The lowest BCUT2D eigenvalue weighted by Gasteiger charge is -2.09. The number of carbonyl (C=O) groups excluding carboxylic acids is 1. The summed E-state index contributed by atoms with van der Waals surface area (Å²) >= 11 is 7.19. The molecule has 0 atom stereocenters. The van der Waals surface area contributed by atoms with Crippen molar-refractivity contribution in [1.82, 2.24) is 0 Å². The Kier molecular flexibility index (Phi) is 5.72. The van der Waals surface area contributed by atoms with Gasteiger partial charge in [-0.15, -0.1) is 11.3 Å². The lowest BCUT2D eigenvalue weighted by molar-refractivity contribution is -0.137. The minimum absolute atomic E-state index is 0.0806. The molecule has 140 valence electrons. The van der Waals surface area contributed by atoms with Crippen molar-refractivity contribution in [2.45, 2.75) is 12.8 Å². The molecule has 0 aliphatic carbocycles. The van der Waals surface area contributed by atoms with Gasteiger partial charge in [0.1, 0.15) is 12.4 Å². The number of nitrogens with one attached hydrogen (secondary N) is 1. The van der Waals surface area contributed by atoms with Gasteiger partial charge in [0.15, 0.2) is 0 Å². The summed E-state index contributed by atoms with van der Waals surface area (Å²) in [5.41, 5.74) is 0.0199. The summed E-state index contributed by atoms with van der Waals surface area (Å²) in [6.45, 7) is 0.219. The summed E-state index contributed by atoms with van der Waals surface area (Å²) < 4.78 is 43.9. The van der Waals surface area contributed by atoms with Crippen molar-refractivity contribution >= 4 is 34.5 Å². The molecule has 0 unspecified atom stereocenters. The highest BCUT2D eigenvalue weighted by Gasteiger charge is 2.30. The van der Waals surface area contributed by atoms with Crippen LogP contribution in [0, 0.1) is 0 Å². The van der Waals surface area contributed by atoms with Gasteiger partial charge in [-0.1, -0.05) is 29.8 Å². The van der Waals surface area contributed by atoms with Gasteiger partial charge in [-0.25, -0.2) is 0 Å². The molecule has 3 aromatic rings. The van der Waals surface area contributed by atoms with E-state index in [2.05, 4.69) is 5.32 Å². The van der Waals surface area contributed by atoms with Gasteiger partial charge in [-0.05, 0) is 41.8 Å². The number of alkyl halides is 3. The number of rotatable bonds is 5. The molecule has 8 heteroatoms. The largest absolute Gasteiger partial charge is 0.487 e. The van der Waals surface area contributed by atoms with Crippen molar-refractivity contribution in [3.8, 4) is 5.75 Å². The number of amides is 1. The summed E-state index contributed by atoms with van der Waals surface area (Å²) in [6.07, 6.45) is -4.47. The second kappa shape index (κ2) is 8.02. The molecule has 0 aliphatic heterocycles. The second-order valence-electron chi connectivity index (χ2n) is 5.57. The fourth-order valence-corrected chi connectivity index (χ4v) is 3.24. The number of anilines is 1. The van der Waals surface area contributed by atoms with Crippen LogP contribution in [0.15, 0.2) is 60.0 Å². The number of thiophene rings is 1. The standard InChI is InChI=1S/C19H13ClF3NO2S/c20-15-6-1-2-7-16(15)26-10-12-8-17(27-11-12)18(25)24-14-5-3-4-13(9-14)19(21,22)23/h1-9,11H,10H2,(H,24,25). The van der Waals surface area contributed by atoms with Gasteiger partial charge in [-0.2, -0.15) is 13.2 Å². The van der Waals surface area contributed by atoms with E-state index in [1.165, 1.54) is 23.5 Å². The van der Waals surface area contributed by atoms with Crippen molar-refractivity contribution in [2.75, 3.05) is 5.32 Å². The van der Waals surface area contributed by atoms with Crippen LogP contribution in [0.5, 0.6) is 5.75 Å². The first kappa shape index (κ1) is 19.3. The zero-order valence-corrected chi connectivity index (χ0v) is 15.3. The van der Waals surface area contributed by atoms with Crippen molar-refractivity contribution in [2.24, 2.45) is 0 Å². The predicted molar refractivity (Wildman–Crippen MR) is 99.5 cm³/mol.